The molecule has 3 N–H and O–H groups in total. The number of aromatic nitrogens is 2. The van der Waals surface area contributed by atoms with Crippen molar-refractivity contribution in [3.8, 4) is 17.1 Å². The Morgan fingerprint density at radius 2 is 1.47 bits per heavy atom. The van der Waals surface area contributed by atoms with Gasteiger partial charge in [0, 0.05) is 23.1 Å². The summed E-state index contributed by atoms with van der Waals surface area (Å²) >= 11 is -2.27. The van der Waals surface area contributed by atoms with Crippen molar-refractivity contribution in [2.75, 3.05) is 5.43 Å². The molecule has 6 nitrogen and oxygen atoms in total. The molecule has 1 unspecified atom stereocenters. The lowest BCUT2D eigenvalue weighted by molar-refractivity contribution is -0.140. The molecule has 4 aromatic carbocycles. The van der Waals surface area contributed by atoms with Crippen LogP contribution in [0.15, 0.2) is 85.1 Å². The van der Waals surface area contributed by atoms with E-state index in [1.54, 1.807) is 24.3 Å². The zero-order chi connectivity index (χ0) is 23.9. The van der Waals surface area contributed by atoms with Gasteiger partial charge in [-0.2, -0.15) is 13.2 Å². The summed E-state index contributed by atoms with van der Waals surface area (Å²) in [5.74, 6) is 0.163. The van der Waals surface area contributed by atoms with Crippen LogP contribution in [-0.4, -0.2) is 18.3 Å². The van der Waals surface area contributed by atoms with Crippen molar-refractivity contribution in [3.05, 3.63) is 90.8 Å². The predicted molar refractivity (Wildman–Crippen MR) is 127 cm³/mol. The fourth-order valence-electron chi connectivity index (χ4n) is 3.95. The Labute approximate surface area is 194 Å². The number of halogens is 3. The molecule has 172 valence electrons. The summed E-state index contributed by atoms with van der Waals surface area (Å²) in [5.41, 5.74) is 3.05. The van der Waals surface area contributed by atoms with Gasteiger partial charge in [0.05, 0.1) is 0 Å². The van der Waals surface area contributed by atoms with E-state index in [4.69, 9.17) is 4.55 Å². The molecule has 1 atom stereocenters. The Morgan fingerprint density at radius 3 is 2.03 bits per heavy atom. The highest BCUT2D eigenvalue weighted by molar-refractivity contribution is 7.77. The van der Waals surface area contributed by atoms with Gasteiger partial charge in [0.2, 0.25) is 11.3 Å². The fourth-order valence-corrected chi connectivity index (χ4v) is 4.16. The smallest absolute Gasteiger partial charge is 0.308 e. The van der Waals surface area contributed by atoms with Crippen molar-refractivity contribution in [2.45, 2.75) is 6.18 Å². The van der Waals surface area contributed by atoms with Gasteiger partial charge in [0.15, 0.2) is 5.69 Å². The van der Waals surface area contributed by atoms with Crippen LogP contribution in [-0.2, 0) is 17.4 Å². The lowest BCUT2D eigenvalue weighted by Gasteiger charge is -2.14. The maximum Gasteiger partial charge on any atom is 0.434 e. The van der Waals surface area contributed by atoms with Crippen LogP contribution < -0.4 is 10.3 Å². The van der Waals surface area contributed by atoms with E-state index in [1.165, 1.54) is 4.57 Å². The molecule has 10 heteroatoms. The number of hydrogen-bond donors (Lipinski definition) is 3. The number of hydrazine groups is 1. The van der Waals surface area contributed by atoms with Gasteiger partial charge in [-0.15, -0.1) is 4.83 Å². The summed E-state index contributed by atoms with van der Waals surface area (Å²) < 4.78 is 62.2. The third-order valence-corrected chi connectivity index (χ3v) is 5.70. The van der Waals surface area contributed by atoms with Crippen LogP contribution in [0.1, 0.15) is 5.69 Å². The number of rotatable bonds is 5. The molecule has 5 aromatic rings. The second-order valence-electron chi connectivity index (χ2n) is 7.53. The molecule has 0 aliphatic heterocycles. The second-order valence-corrected chi connectivity index (χ2v) is 8.24. The third kappa shape index (κ3) is 4.14. The highest BCUT2D eigenvalue weighted by Crippen LogP contribution is 2.39. The van der Waals surface area contributed by atoms with E-state index in [2.05, 4.69) is 15.2 Å². The molecule has 0 amide bonds. The van der Waals surface area contributed by atoms with Crippen LogP contribution in [0, 0.1) is 0 Å². The number of alkyl halides is 3. The van der Waals surface area contributed by atoms with E-state index in [-0.39, 0.29) is 5.82 Å². The molecule has 0 spiro atoms. The van der Waals surface area contributed by atoms with E-state index in [0.29, 0.717) is 16.9 Å². The highest BCUT2D eigenvalue weighted by atomic mass is 32.2. The van der Waals surface area contributed by atoms with Crippen molar-refractivity contribution in [1.29, 1.82) is 0 Å². The molecule has 0 aliphatic rings. The van der Waals surface area contributed by atoms with Gasteiger partial charge in [0.1, 0.15) is 5.82 Å². The third-order valence-electron chi connectivity index (χ3n) is 5.42. The van der Waals surface area contributed by atoms with Crippen LogP contribution in [0.25, 0.3) is 38.6 Å². The van der Waals surface area contributed by atoms with Crippen molar-refractivity contribution >= 4 is 38.5 Å². The summed E-state index contributed by atoms with van der Waals surface area (Å²) in [7, 11) is 0. The predicted octanol–water partition coefficient (Wildman–Crippen LogP) is 5.92. The van der Waals surface area contributed by atoms with Gasteiger partial charge in [-0.1, -0.05) is 48.5 Å². The Kier molecular flexibility index (Phi) is 5.56. The van der Waals surface area contributed by atoms with Crippen LogP contribution >= 0.6 is 0 Å². The average molecular weight is 482 g/mol. The lowest BCUT2D eigenvalue weighted by Crippen LogP contribution is -2.23. The minimum atomic E-state index is -4.63. The average Bonchev–Trinajstić information content (AvgIpc) is 3.27. The summed E-state index contributed by atoms with van der Waals surface area (Å²) in [4.78, 5) is 6.18. The Morgan fingerprint density at radius 1 is 0.882 bits per heavy atom. The minimum Gasteiger partial charge on any atom is -0.308 e. The maximum absolute atomic E-state index is 13.7. The van der Waals surface area contributed by atoms with Crippen LogP contribution in [0.3, 0.4) is 0 Å². The Hall–Kier alpha value is -3.73. The molecule has 0 aliphatic carbocycles. The van der Waals surface area contributed by atoms with Crippen LogP contribution in [0.2, 0.25) is 0 Å². The van der Waals surface area contributed by atoms with Crippen molar-refractivity contribution < 1.29 is 21.9 Å². The summed E-state index contributed by atoms with van der Waals surface area (Å²) in [6.07, 6.45) is -3.65. The molecule has 0 fully saturated rings. The van der Waals surface area contributed by atoms with Gasteiger partial charge < -0.3 is 5.43 Å². The number of nitrogens with zero attached hydrogens (tertiary/aromatic N) is 2. The number of fused-ring (bicyclic) bond motifs is 2. The quantitative estimate of drug-likeness (QED) is 0.165. The monoisotopic (exact) mass is 482 g/mol. The molecule has 0 radical (unpaired) electrons. The number of hydrogen-bond acceptors (Lipinski definition) is 3. The maximum atomic E-state index is 13.7. The highest BCUT2D eigenvalue weighted by Gasteiger charge is 2.35. The fraction of sp³-hybridized carbons (Fsp3) is 0.0417. The van der Waals surface area contributed by atoms with E-state index in [9.17, 15) is 17.4 Å². The number of anilines is 1. The first kappa shape index (κ1) is 22.1. The van der Waals surface area contributed by atoms with Crippen LogP contribution in [0.5, 0.6) is 0 Å². The van der Waals surface area contributed by atoms with Crippen molar-refractivity contribution in [2.24, 2.45) is 0 Å². The van der Waals surface area contributed by atoms with Gasteiger partial charge in [-0.3, -0.25) is 9.12 Å². The van der Waals surface area contributed by atoms with E-state index >= 15 is 0 Å². The SMILES string of the molecule is O=S(O)NNc1ccc(-n2cc(C(F)(F)F)nc2-c2c3ccccc3cc3ccccc23)cc1. The zero-order valence-corrected chi connectivity index (χ0v) is 18.2. The first-order chi connectivity index (χ1) is 16.3. The topological polar surface area (TPSA) is 79.2 Å². The molecule has 1 aromatic heterocycles. The molecule has 0 bridgehead atoms. The Bertz CT molecular complexity index is 1480. The molecule has 34 heavy (non-hydrogen) atoms. The van der Waals surface area contributed by atoms with E-state index in [0.717, 1.165) is 27.7 Å². The summed E-state index contributed by atoms with van der Waals surface area (Å²) in [5, 5.41) is 3.35. The number of imidazole rings is 1. The Balaban J connectivity index is 1.75. The van der Waals surface area contributed by atoms with Crippen molar-refractivity contribution in [3.63, 3.8) is 0 Å². The van der Waals surface area contributed by atoms with Crippen molar-refractivity contribution in [1.82, 2.24) is 14.4 Å². The molecule has 0 saturated carbocycles. The van der Waals surface area contributed by atoms with Gasteiger partial charge in [0.25, 0.3) is 0 Å². The summed E-state index contributed by atoms with van der Waals surface area (Å²) in [6.45, 7) is 0. The normalized spacial score (nSPS) is 12.8. The number of benzene rings is 4. The standard InChI is InChI=1S/C24H17F3N4O2S/c25-24(26,27)21-14-31(18-11-9-17(10-12-18)29-30-34(32)33)23(28-21)22-19-7-3-1-5-15(19)13-16-6-2-4-8-20(16)22/h1-14,29-30H,(H,32,33). The molecular weight excluding hydrogens is 465 g/mol. The molecule has 5 rings (SSSR count). The van der Waals surface area contributed by atoms with Crippen LogP contribution in [0.4, 0.5) is 18.9 Å². The first-order valence-electron chi connectivity index (χ1n) is 10.1. The molecule has 1 heterocycles. The zero-order valence-electron chi connectivity index (χ0n) is 17.4. The largest absolute Gasteiger partial charge is 0.434 e. The minimum absolute atomic E-state index is 0.163. The lowest BCUT2D eigenvalue weighted by atomic mass is 9.96. The van der Waals surface area contributed by atoms with Gasteiger partial charge >= 0.3 is 6.18 Å². The summed E-state index contributed by atoms with van der Waals surface area (Å²) in [6, 6.07) is 23.4. The first-order valence-corrected chi connectivity index (χ1v) is 11.2. The molecule has 0 saturated heterocycles. The van der Waals surface area contributed by atoms with Gasteiger partial charge in [-0.25, -0.2) is 9.19 Å². The van der Waals surface area contributed by atoms with Gasteiger partial charge in [-0.05, 0) is 51.9 Å². The van der Waals surface area contributed by atoms with E-state index in [1.807, 2.05) is 54.6 Å². The second kappa shape index (κ2) is 8.56. The molecular formula is C24H17F3N4O2S. The van der Waals surface area contributed by atoms with E-state index < -0.39 is 23.1 Å². The number of nitrogens with one attached hydrogen (secondary N) is 2.